The summed E-state index contributed by atoms with van der Waals surface area (Å²) in [6.07, 6.45) is 0. The molecule has 0 aliphatic rings. The zero-order valence-corrected chi connectivity index (χ0v) is 60.1. The van der Waals surface area contributed by atoms with E-state index in [0.29, 0.717) is 0 Å². The Morgan fingerprint density at radius 3 is 0.248 bits per heavy atom. The minimum Gasteiger partial charge on any atom is -0.394 e. The number of hydrogen-bond donors (Lipinski definition) is 12. The van der Waals surface area contributed by atoms with Gasteiger partial charge < -0.3 is 175 Å². The molecule has 36 nitrogen and oxygen atoms in total. The first-order valence-electron chi connectivity index (χ1n) is 34.7. The number of rotatable bonds is 88. The van der Waals surface area contributed by atoms with Crippen LogP contribution in [0.1, 0.15) is 0 Å². The van der Waals surface area contributed by atoms with Crippen molar-refractivity contribution >= 4 is 0 Å². The zero-order chi connectivity index (χ0) is 73.9. The molecule has 0 amide bonds. The molecule has 0 aromatic rings. The van der Waals surface area contributed by atoms with Gasteiger partial charge in [-0.3, -0.25) is 0 Å². The Bertz CT molecular complexity index is 1310. The van der Waals surface area contributed by atoms with Gasteiger partial charge in [0.2, 0.25) is 0 Å². The van der Waals surface area contributed by atoms with Crippen molar-refractivity contribution < 1.29 is 175 Å². The van der Waals surface area contributed by atoms with Crippen LogP contribution in [0.2, 0.25) is 0 Å². The van der Waals surface area contributed by atoms with Gasteiger partial charge >= 0.3 is 0 Å². The fourth-order valence-corrected chi connectivity index (χ4v) is 9.15. The first kappa shape index (κ1) is 99.6. The molecule has 36 heteroatoms. The highest BCUT2D eigenvalue weighted by atomic mass is 16.6. The molecule has 0 aromatic carbocycles. The maximum absolute atomic E-state index is 9.36. The number of hydrogen-bond acceptors (Lipinski definition) is 36. The highest BCUT2D eigenvalue weighted by molar-refractivity contribution is 4.84. The van der Waals surface area contributed by atoms with E-state index in [4.69, 9.17) is 114 Å². The molecule has 0 fully saturated rings. The SMILES string of the molecule is OCCOCC(COCCO)(COCCO)COCCOCCOCC(COCCOCCOCC(COCCO)(COCCO)COCCO)(COCCOCCOCC(COCCO)(COCCO)COCCO)COCCOCCOCC(COCCO)(COCCO)COCCO. The molecule has 0 saturated heterocycles. The molecule has 0 aliphatic carbocycles. The fourth-order valence-electron chi connectivity index (χ4n) is 9.15. The molecule has 0 unspecified atom stereocenters. The Morgan fingerprint density at radius 1 is 0.0990 bits per heavy atom. The summed E-state index contributed by atoms with van der Waals surface area (Å²) in [5.74, 6) is 0. The van der Waals surface area contributed by atoms with Crippen molar-refractivity contribution in [3.8, 4) is 0 Å². The smallest absolute Gasteiger partial charge is 0.0701 e. The topological polar surface area (TPSA) is 464 Å². The summed E-state index contributed by atoms with van der Waals surface area (Å²) in [7, 11) is 0. The molecular weight excluding hydrogens is 1360 g/mol. The third kappa shape index (κ3) is 57.4. The normalized spacial score (nSPS) is 12.7. The van der Waals surface area contributed by atoms with Crippen LogP contribution in [0.15, 0.2) is 0 Å². The second-order valence-corrected chi connectivity index (χ2v) is 23.7. The van der Waals surface area contributed by atoms with Crippen LogP contribution in [0.4, 0.5) is 0 Å². The number of aliphatic hydroxyl groups is 12. The Hall–Kier alpha value is -1.44. The monoisotopic (exact) mass is 1490 g/mol. The van der Waals surface area contributed by atoms with Crippen molar-refractivity contribution in [2.45, 2.75) is 0 Å². The van der Waals surface area contributed by atoms with Crippen molar-refractivity contribution in [1.82, 2.24) is 0 Å². The maximum atomic E-state index is 9.36. The van der Waals surface area contributed by atoms with Crippen LogP contribution in [0.25, 0.3) is 0 Å². The lowest BCUT2D eigenvalue weighted by molar-refractivity contribution is -0.129. The van der Waals surface area contributed by atoms with Gasteiger partial charge in [-0.25, -0.2) is 0 Å². The van der Waals surface area contributed by atoms with E-state index in [9.17, 15) is 61.3 Å². The van der Waals surface area contributed by atoms with E-state index in [1.54, 1.807) is 0 Å². The van der Waals surface area contributed by atoms with Crippen LogP contribution < -0.4 is 0 Å². The first-order chi connectivity index (χ1) is 49.6. The average Bonchev–Trinajstić information content (AvgIpc) is 0.937. The summed E-state index contributed by atoms with van der Waals surface area (Å²) in [6, 6.07) is 0. The van der Waals surface area contributed by atoms with Gasteiger partial charge in [0, 0.05) is 0 Å². The molecule has 0 rings (SSSR count). The zero-order valence-electron chi connectivity index (χ0n) is 60.1. The first-order valence-corrected chi connectivity index (χ1v) is 34.7. The lowest BCUT2D eigenvalue weighted by Crippen LogP contribution is -2.43. The summed E-state index contributed by atoms with van der Waals surface area (Å²) in [4.78, 5) is 0. The second-order valence-electron chi connectivity index (χ2n) is 23.7. The molecule has 0 heterocycles. The van der Waals surface area contributed by atoms with Gasteiger partial charge in [0.25, 0.3) is 0 Å². The third-order valence-corrected chi connectivity index (χ3v) is 14.0. The summed E-state index contributed by atoms with van der Waals surface area (Å²) < 4.78 is 141. The van der Waals surface area contributed by atoms with Gasteiger partial charge in [-0.2, -0.15) is 0 Å². The number of ether oxygens (including phenoxy) is 24. The van der Waals surface area contributed by atoms with Crippen LogP contribution in [-0.2, 0) is 114 Å². The van der Waals surface area contributed by atoms with E-state index in [0.717, 1.165) is 0 Å². The minimum absolute atomic E-state index is 0.0679. The summed E-state index contributed by atoms with van der Waals surface area (Å²) in [5, 5.41) is 112. The van der Waals surface area contributed by atoms with E-state index in [2.05, 4.69) is 0 Å². The molecule has 608 valence electrons. The van der Waals surface area contributed by atoms with Crippen LogP contribution in [0, 0.1) is 27.1 Å². The Morgan fingerprint density at radius 2 is 0.168 bits per heavy atom. The lowest BCUT2D eigenvalue weighted by atomic mass is 9.92. The van der Waals surface area contributed by atoms with Crippen molar-refractivity contribution in [2.75, 3.05) is 396 Å². The molecule has 0 saturated carbocycles. The van der Waals surface area contributed by atoms with Crippen molar-refractivity contribution in [3.63, 3.8) is 0 Å². The van der Waals surface area contributed by atoms with Gasteiger partial charge in [0.1, 0.15) is 0 Å². The Kier molecular flexibility index (Phi) is 73.0. The summed E-state index contributed by atoms with van der Waals surface area (Å²) >= 11 is 0. The molecule has 0 aromatic heterocycles. The highest BCUT2D eigenvalue weighted by Crippen LogP contribution is 2.26. The molecule has 0 aliphatic heterocycles. The van der Waals surface area contributed by atoms with Gasteiger partial charge in [0.05, 0.1) is 423 Å². The Balaban J connectivity index is 6.47. The van der Waals surface area contributed by atoms with Gasteiger partial charge in [-0.1, -0.05) is 0 Å². The second kappa shape index (κ2) is 74.0. The van der Waals surface area contributed by atoms with Gasteiger partial charge in [0.15, 0.2) is 0 Å². The van der Waals surface area contributed by atoms with E-state index >= 15 is 0 Å². The van der Waals surface area contributed by atoms with E-state index < -0.39 is 27.1 Å². The summed E-state index contributed by atoms with van der Waals surface area (Å²) in [6.45, 7) is 3.28. The quantitative estimate of drug-likeness (QED) is 0.0252. The fraction of sp³-hybridized carbons (Fsp3) is 1.00. The molecule has 0 radical (unpaired) electrons. The van der Waals surface area contributed by atoms with Crippen molar-refractivity contribution in [1.29, 1.82) is 0 Å². The van der Waals surface area contributed by atoms with Crippen molar-refractivity contribution in [3.05, 3.63) is 0 Å². The van der Waals surface area contributed by atoms with Crippen LogP contribution in [0.5, 0.6) is 0 Å². The maximum Gasteiger partial charge on any atom is 0.0701 e. The molecule has 0 atom stereocenters. The van der Waals surface area contributed by atoms with Gasteiger partial charge in [-0.05, 0) is 0 Å². The summed E-state index contributed by atoms with van der Waals surface area (Å²) in [5.41, 5.74) is -4.21. The van der Waals surface area contributed by atoms with E-state index in [1.165, 1.54) is 0 Å². The standard InChI is InChI=1S/C65H132O36/c66-1-13-82-41-61(42-83-14-2-67,43-84-15-3-68)53-94-33-25-78-29-37-98-57-65(58-99-38-30-79-26-34-95-54-62(44-85-16-4-69,45-86-17-5-70)46-87-18-6-71,59-100-39-31-80-27-35-96-55-63(47-88-19-7-72,48-89-20-8-73)49-90-21-9-74)60-101-40-32-81-28-36-97-56-64(50-91-22-10-75,51-92-23-11-76)52-93-24-12-77/h66-77H,1-60H2. The molecule has 101 heavy (non-hydrogen) atoms. The highest BCUT2D eigenvalue weighted by Gasteiger charge is 2.37. The largest absolute Gasteiger partial charge is 0.394 e. The van der Waals surface area contributed by atoms with Crippen LogP contribution >= 0.6 is 0 Å². The molecular formula is C65H132O36. The Labute approximate surface area is 596 Å². The average molecular weight is 1490 g/mol. The third-order valence-electron chi connectivity index (χ3n) is 14.0. The van der Waals surface area contributed by atoms with Crippen LogP contribution in [0.3, 0.4) is 0 Å². The van der Waals surface area contributed by atoms with Gasteiger partial charge in [-0.15, -0.1) is 0 Å². The van der Waals surface area contributed by atoms with Crippen molar-refractivity contribution in [2.24, 2.45) is 27.1 Å². The van der Waals surface area contributed by atoms with E-state index in [1.807, 2.05) is 0 Å². The molecule has 0 spiro atoms. The molecule has 12 N–H and O–H groups in total. The lowest BCUT2D eigenvalue weighted by Gasteiger charge is -2.33. The molecule has 0 bridgehead atoms. The van der Waals surface area contributed by atoms with E-state index in [-0.39, 0.29) is 396 Å². The number of aliphatic hydroxyl groups excluding tert-OH is 12. The minimum atomic E-state index is -0.942. The van der Waals surface area contributed by atoms with Crippen LogP contribution in [-0.4, -0.2) is 458 Å². The predicted octanol–water partition coefficient (Wildman–Crippen LogP) is -5.78. The predicted molar refractivity (Wildman–Crippen MR) is 357 cm³/mol.